The molecule has 8 heteroatoms. The van der Waals surface area contributed by atoms with E-state index in [0.29, 0.717) is 13.2 Å². The van der Waals surface area contributed by atoms with Gasteiger partial charge in [-0.15, -0.1) is 24.2 Å². The maximum Gasteiger partial charge on any atom is 0.187 e. The van der Waals surface area contributed by atoms with Crippen LogP contribution in [0.1, 0.15) is 12.0 Å². The second-order valence-electron chi connectivity index (χ2n) is 7.17. The molecule has 1 fully saturated rings. The molecule has 5 nitrogen and oxygen atoms in total. The van der Waals surface area contributed by atoms with Gasteiger partial charge < -0.3 is 19.8 Å². The Morgan fingerprint density at radius 3 is 2.73 bits per heavy atom. The van der Waals surface area contributed by atoms with E-state index in [-0.39, 0.29) is 18.5 Å². The second-order valence-corrected chi connectivity index (χ2v) is 8.67. The SMILES string of the molecule is Cl.Nc1ccccc1SC[C@H]1CO[C@](CCc2ccc(Cl)cc2)(Cn2ccnc2)O1. The summed E-state index contributed by atoms with van der Waals surface area (Å²) in [6.07, 6.45) is 7.10. The topological polar surface area (TPSA) is 62.3 Å². The van der Waals surface area contributed by atoms with Gasteiger partial charge in [0.1, 0.15) is 0 Å². The number of hydrogen-bond acceptors (Lipinski definition) is 5. The van der Waals surface area contributed by atoms with Gasteiger partial charge >= 0.3 is 0 Å². The summed E-state index contributed by atoms with van der Waals surface area (Å²) in [6, 6.07) is 15.8. The number of hydrogen-bond donors (Lipinski definition) is 1. The third kappa shape index (κ3) is 5.93. The van der Waals surface area contributed by atoms with Crippen molar-refractivity contribution in [3.8, 4) is 0 Å². The van der Waals surface area contributed by atoms with Gasteiger partial charge in [0.25, 0.3) is 0 Å². The van der Waals surface area contributed by atoms with Crippen molar-refractivity contribution in [2.75, 3.05) is 18.1 Å². The summed E-state index contributed by atoms with van der Waals surface area (Å²) in [5.74, 6) is 0.120. The first-order valence-corrected chi connectivity index (χ1v) is 11.0. The van der Waals surface area contributed by atoms with Gasteiger partial charge in [0.15, 0.2) is 5.79 Å². The number of nitrogens with two attached hydrogens (primary N) is 1. The molecule has 30 heavy (non-hydrogen) atoms. The van der Waals surface area contributed by atoms with Crippen molar-refractivity contribution in [2.45, 2.75) is 36.2 Å². The van der Waals surface area contributed by atoms with Gasteiger partial charge in [-0.1, -0.05) is 35.9 Å². The zero-order valence-electron chi connectivity index (χ0n) is 16.4. The summed E-state index contributed by atoms with van der Waals surface area (Å²) < 4.78 is 14.7. The Kier molecular flexibility index (Phi) is 8.08. The minimum absolute atomic E-state index is 0. The summed E-state index contributed by atoms with van der Waals surface area (Å²) in [5.41, 5.74) is 8.06. The van der Waals surface area contributed by atoms with Crippen molar-refractivity contribution in [1.29, 1.82) is 0 Å². The number of para-hydroxylation sites is 1. The van der Waals surface area contributed by atoms with Crippen LogP contribution in [-0.4, -0.2) is 33.8 Å². The number of benzene rings is 2. The number of anilines is 1. The minimum Gasteiger partial charge on any atom is -0.398 e. The molecule has 0 saturated carbocycles. The molecule has 2 heterocycles. The van der Waals surface area contributed by atoms with Gasteiger partial charge in [-0.25, -0.2) is 4.98 Å². The van der Waals surface area contributed by atoms with Gasteiger partial charge in [0.2, 0.25) is 0 Å². The largest absolute Gasteiger partial charge is 0.398 e. The number of thioether (sulfide) groups is 1. The van der Waals surface area contributed by atoms with Crippen LogP contribution in [0.4, 0.5) is 5.69 Å². The van der Waals surface area contributed by atoms with Gasteiger partial charge in [-0.05, 0) is 36.2 Å². The number of aryl methyl sites for hydroxylation is 1. The van der Waals surface area contributed by atoms with Crippen molar-refractivity contribution >= 4 is 41.5 Å². The molecule has 0 bridgehead atoms. The molecule has 2 aromatic carbocycles. The molecule has 0 amide bonds. The molecule has 1 aromatic heterocycles. The first-order valence-electron chi connectivity index (χ1n) is 9.61. The maximum absolute atomic E-state index is 6.47. The number of halogens is 2. The molecule has 1 saturated heterocycles. The smallest absolute Gasteiger partial charge is 0.187 e. The molecule has 1 aliphatic heterocycles. The Morgan fingerprint density at radius 1 is 1.20 bits per heavy atom. The molecule has 0 unspecified atom stereocenters. The van der Waals surface area contributed by atoms with Crippen LogP contribution >= 0.6 is 35.8 Å². The van der Waals surface area contributed by atoms with Crippen LogP contribution in [0.25, 0.3) is 0 Å². The van der Waals surface area contributed by atoms with Crippen LogP contribution in [0.3, 0.4) is 0 Å². The zero-order valence-corrected chi connectivity index (χ0v) is 18.8. The number of imidazole rings is 1. The highest BCUT2D eigenvalue weighted by atomic mass is 35.5. The number of nitrogen functional groups attached to an aromatic ring is 1. The van der Waals surface area contributed by atoms with E-state index < -0.39 is 5.79 Å². The fraction of sp³-hybridized carbons (Fsp3) is 0.318. The molecule has 3 aromatic rings. The monoisotopic (exact) mass is 465 g/mol. The standard InChI is InChI=1S/C22H24ClN3O2S.ClH/c23-18-7-5-17(6-8-18)9-10-22(15-26-12-11-25-16-26)27-13-19(28-22)14-29-21-4-2-1-3-20(21)24;/h1-8,11-12,16,19H,9-10,13-15,24H2;1H/t19-,22+;/m1./s1. The van der Waals surface area contributed by atoms with E-state index in [1.54, 1.807) is 24.3 Å². The molecule has 0 aliphatic carbocycles. The summed E-state index contributed by atoms with van der Waals surface area (Å²) in [6.45, 7) is 1.17. The van der Waals surface area contributed by atoms with E-state index in [1.165, 1.54) is 5.56 Å². The van der Waals surface area contributed by atoms with Crippen LogP contribution < -0.4 is 5.73 Å². The fourth-order valence-corrected chi connectivity index (χ4v) is 4.50. The normalized spacial score (nSPS) is 20.8. The molecule has 1 aliphatic rings. The highest BCUT2D eigenvalue weighted by molar-refractivity contribution is 7.99. The van der Waals surface area contributed by atoms with Crippen LogP contribution in [0, 0.1) is 0 Å². The molecule has 2 atom stereocenters. The van der Waals surface area contributed by atoms with Gasteiger partial charge in [-0.3, -0.25) is 0 Å². The van der Waals surface area contributed by atoms with E-state index in [1.807, 2.05) is 59.3 Å². The molecule has 160 valence electrons. The lowest BCUT2D eigenvalue weighted by atomic mass is 10.0. The van der Waals surface area contributed by atoms with Gasteiger partial charge in [0.05, 0.1) is 25.6 Å². The van der Waals surface area contributed by atoms with Gasteiger partial charge in [-0.2, -0.15) is 0 Å². The quantitative estimate of drug-likeness (QED) is 0.371. The van der Waals surface area contributed by atoms with Crippen LogP contribution in [0.5, 0.6) is 0 Å². The van der Waals surface area contributed by atoms with Crippen molar-refractivity contribution in [3.63, 3.8) is 0 Å². The van der Waals surface area contributed by atoms with Crippen LogP contribution in [0.15, 0.2) is 72.1 Å². The number of rotatable bonds is 8. The highest BCUT2D eigenvalue weighted by Crippen LogP contribution is 2.34. The van der Waals surface area contributed by atoms with E-state index in [4.69, 9.17) is 26.8 Å². The predicted octanol–water partition coefficient (Wildman–Crippen LogP) is 5.08. The van der Waals surface area contributed by atoms with E-state index in [9.17, 15) is 0 Å². The second kappa shape index (κ2) is 10.6. The van der Waals surface area contributed by atoms with Crippen molar-refractivity contribution in [1.82, 2.24) is 9.55 Å². The third-order valence-corrected chi connectivity index (χ3v) is 6.42. The lowest BCUT2D eigenvalue weighted by Crippen LogP contribution is -2.37. The first-order chi connectivity index (χ1) is 14.1. The molecule has 4 rings (SSSR count). The summed E-state index contributed by atoms with van der Waals surface area (Å²) >= 11 is 7.71. The average Bonchev–Trinajstić information content (AvgIpc) is 3.38. The molecule has 2 N–H and O–H groups in total. The lowest BCUT2D eigenvalue weighted by molar-refractivity contribution is -0.180. The molecule has 0 radical (unpaired) electrons. The minimum atomic E-state index is -0.673. The van der Waals surface area contributed by atoms with Gasteiger partial charge in [0, 0.05) is 40.2 Å². The van der Waals surface area contributed by atoms with Crippen LogP contribution in [0.2, 0.25) is 5.02 Å². The Bertz CT molecular complexity index is 924. The third-order valence-electron chi connectivity index (χ3n) is 4.95. The maximum atomic E-state index is 6.47. The number of nitrogens with zero attached hydrogens (tertiary/aromatic N) is 2. The Morgan fingerprint density at radius 2 is 2.00 bits per heavy atom. The average molecular weight is 466 g/mol. The van der Waals surface area contributed by atoms with E-state index >= 15 is 0 Å². The van der Waals surface area contributed by atoms with E-state index in [0.717, 1.165) is 34.2 Å². The molecule has 0 spiro atoms. The Hall–Kier alpha value is -1.70. The first kappa shape index (κ1) is 23.0. The van der Waals surface area contributed by atoms with Crippen molar-refractivity contribution in [2.24, 2.45) is 0 Å². The number of ether oxygens (including phenoxy) is 2. The number of aromatic nitrogens is 2. The predicted molar refractivity (Wildman–Crippen MR) is 124 cm³/mol. The summed E-state index contributed by atoms with van der Waals surface area (Å²) in [7, 11) is 0. The van der Waals surface area contributed by atoms with Crippen molar-refractivity contribution in [3.05, 3.63) is 77.8 Å². The Labute approximate surface area is 192 Å². The molecular weight excluding hydrogens is 441 g/mol. The lowest BCUT2D eigenvalue weighted by Gasteiger charge is -2.28. The van der Waals surface area contributed by atoms with Crippen molar-refractivity contribution < 1.29 is 9.47 Å². The van der Waals surface area contributed by atoms with E-state index in [2.05, 4.69) is 4.98 Å². The van der Waals surface area contributed by atoms with Crippen LogP contribution in [-0.2, 0) is 22.4 Å². The summed E-state index contributed by atoms with van der Waals surface area (Å²) in [4.78, 5) is 5.22. The Balaban J connectivity index is 0.00000256. The highest BCUT2D eigenvalue weighted by Gasteiger charge is 2.41. The molecular formula is C22H25Cl2N3O2S. The fourth-order valence-electron chi connectivity index (χ4n) is 3.43. The zero-order chi connectivity index (χ0) is 20.1. The summed E-state index contributed by atoms with van der Waals surface area (Å²) in [5, 5.41) is 0.743.